The Morgan fingerprint density at radius 2 is 2.07 bits per heavy atom. The van der Waals surface area contributed by atoms with E-state index in [-0.39, 0.29) is 11.8 Å². The predicted octanol–water partition coefficient (Wildman–Crippen LogP) is 0.205. The molecule has 0 atom stereocenters. The largest absolute Gasteiger partial charge is 0.467 e. The van der Waals surface area contributed by atoms with Gasteiger partial charge in [-0.15, -0.1) is 4.80 Å². The van der Waals surface area contributed by atoms with Crippen LogP contribution in [0.4, 0.5) is 4.39 Å². The van der Waals surface area contributed by atoms with Crippen molar-refractivity contribution >= 4 is 0 Å². The van der Waals surface area contributed by atoms with Gasteiger partial charge in [0.2, 0.25) is 5.82 Å². The van der Waals surface area contributed by atoms with Crippen LogP contribution in [0.2, 0.25) is 0 Å². The second-order valence-electron chi connectivity index (χ2n) is 2.35. The molecule has 0 saturated carbocycles. The normalized spacial score (nSPS) is 10.1. The fourth-order valence-electron chi connectivity index (χ4n) is 0.906. The molecule has 0 radical (unpaired) electrons. The van der Waals surface area contributed by atoms with Gasteiger partial charge in [-0.05, 0) is 0 Å². The summed E-state index contributed by atoms with van der Waals surface area (Å²) in [6.07, 6.45) is 3.85. The van der Waals surface area contributed by atoms with Crippen molar-refractivity contribution in [1.82, 2.24) is 25.0 Å². The zero-order valence-corrected chi connectivity index (χ0v) is 7.25. The van der Waals surface area contributed by atoms with Crippen molar-refractivity contribution in [1.29, 1.82) is 0 Å². The zero-order valence-electron chi connectivity index (χ0n) is 7.25. The van der Waals surface area contributed by atoms with Crippen molar-refractivity contribution in [3.8, 4) is 11.8 Å². The summed E-state index contributed by atoms with van der Waals surface area (Å²) < 4.78 is 17.9. The minimum atomic E-state index is -0.609. The molecule has 0 aliphatic rings. The van der Waals surface area contributed by atoms with Crippen LogP contribution in [-0.4, -0.2) is 32.1 Å². The third-order valence-corrected chi connectivity index (χ3v) is 1.49. The molecule has 0 bridgehead atoms. The number of rotatable bonds is 2. The van der Waals surface area contributed by atoms with E-state index in [0.29, 0.717) is 0 Å². The van der Waals surface area contributed by atoms with E-state index in [1.54, 1.807) is 0 Å². The number of hydrogen-bond donors (Lipinski definition) is 0. The minimum Gasteiger partial charge on any atom is -0.467 e. The molecular formula is C7H6FN5O. The predicted molar refractivity (Wildman–Crippen MR) is 43.5 cm³/mol. The van der Waals surface area contributed by atoms with Crippen LogP contribution in [0.1, 0.15) is 0 Å². The standard InChI is InChI=1S/C7H6FN5O/c1-14-7-9-4-5(8)6(12-7)13-10-2-3-11-13/h2-4H,1H3. The average Bonchev–Trinajstić information content (AvgIpc) is 2.71. The number of nitrogens with zero attached hydrogens (tertiary/aromatic N) is 5. The molecule has 2 rings (SSSR count). The third kappa shape index (κ3) is 1.39. The Morgan fingerprint density at radius 3 is 2.71 bits per heavy atom. The lowest BCUT2D eigenvalue weighted by Gasteiger charge is -2.01. The molecule has 0 N–H and O–H groups in total. The van der Waals surface area contributed by atoms with Gasteiger partial charge in [-0.3, -0.25) is 0 Å². The Hall–Kier alpha value is -2.05. The topological polar surface area (TPSA) is 65.7 Å². The van der Waals surface area contributed by atoms with Crippen LogP contribution in [-0.2, 0) is 0 Å². The molecule has 14 heavy (non-hydrogen) atoms. The van der Waals surface area contributed by atoms with E-state index in [4.69, 9.17) is 4.74 Å². The number of methoxy groups -OCH3 is 1. The molecule has 0 amide bonds. The lowest BCUT2D eigenvalue weighted by Crippen LogP contribution is -2.06. The van der Waals surface area contributed by atoms with Gasteiger partial charge in [-0.25, -0.2) is 9.37 Å². The second kappa shape index (κ2) is 3.36. The maximum absolute atomic E-state index is 13.2. The van der Waals surface area contributed by atoms with E-state index >= 15 is 0 Å². The van der Waals surface area contributed by atoms with E-state index in [0.717, 1.165) is 11.0 Å². The highest BCUT2D eigenvalue weighted by Crippen LogP contribution is 2.09. The molecule has 2 aromatic heterocycles. The van der Waals surface area contributed by atoms with Crippen molar-refractivity contribution < 1.29 is 9.13 Å². The van der Waals surface area contributed by atoms with Crippen molar-refractivity contribution in [2.45, 2.75) is 0 Å². The average molecular weight is 195 g/mol. The number of hydrogen-bond acceptors (Lipinski definition) is 5. The van der Waals surface area contributed by atoms with Crippen molar-refractivity contribution in [2.75, 3.05) is 7.11 Å². The highest BCUT2D eigenvalue weighted by molar-refractivity contribution is 5.21. The van der Waals surface area contributed by atoms with Gasteiger partial charge in [0.25, 0.3) is 0 Å². The molecule has 0 spiro atoms. The molecule has 2 heterocycles. The lowest BCUT2D eigenvalue weighted by atomic mass is 10.6. The summed E-state index contributed by atoms with van der Waals surface area (Å²) in [5.74, 6) is -0.649. The summed E-state index contributed by atoms with van der Waals surface area (Å²) in [5.41, 5.74) is 0. The lowest BCUT2D eigenvalue weighted by molar-refractivity contribution is 0.374. The van der Waals surface area contributed by atoms with Gasteiger partial charge in [-0.2, -0.15) is 15.2 Å². The summed E-state index contributed by atoms with van der Waals surface area (Å²) in [4.78, 5) is 8.41. The molecule has 7 heteroatoms. The summed E-state index contributed by atoms with van der Waals surface area (Å²) in [6.45, 7) is 0. The Balaban J connectivity index is 2.51. The number of aromatic nitrogens is 5. The van der Waals surface area contributed by atoms with Crippen molar-refractivity contribution in [2.24, 2.45) is 0 Å². The molecule has 72 valence electrons. The number of ether oxygens (including phenoxy) is 1. The molecule has 0 aliphatic carbocycles. The van der Waals surface area contributed by atoms with Gasteiger partial charge in [0.1, 0.15) is 0 Å². The van der Waals surface area contributed by atoms with Crippen LogP contribution in [0.15, 0.2) is 18.6 Å². The molecule has 0 unspecified atom stereocenters. The number of halogens is 1. The molecule has 0 aliphatic heterocycles. The van der Waals surface area contributed by atoms with Gasteiger partial charge in [-0.1, -0.05) is 0 Å². The maximum Gasteiger partial charge on any atom is 0.318 e. The smallest absolute Gasteiger partial charge is 0.318 e. The first-order chi connectivity index (χ1) is 6.81. The first kappa shape index (κ1) is 8.54. The van der Waals surface area contributed by atoms with E-state index in [2.05, 4.69) is 20.2 Å². The first-order valence-electron chi connectivity index (χ1n) is 3.74. The quantitative estimate of drug-likeness (QED) is 0.685. The van der Waals surface area contributed by atoms with E-state index in [1.807, 2.05) is 0 Å². The zero-order chi connectivity index (χ0) is 9.97. The monoisotopic (exact) mass is 195 g/mol. The van der Waals surface area contributed by atoms with Crippen molar-refractivity contribution in [3.63, 3.8) is 0 Å². The van der Waals surface area contributed by atoms with Gasteiger partial charge in [0.05, 0.1) is 25.7 Å². The Labute approximate surface area is 78.4 Å². The second-order valence-corrected chi connectivity index (χ2v) is 2.35. The van der Waals surface area contributed by atoms with Crippen LogP contribution in [0.3, 0.4) is 0 Å². The summed E-state index contributed by atoms with van der Waals surface area (Å²) in [5, 5.41) is 7.48. The third-order valence-electron chi connectivity index (χ3n) is 1.49. The molecule has 0 fully saturated rings. The van der Waals surface area contributed by atoms with Gasteiger partial charge in [0, 0.05) is 0 Å². The summed E-state index contributed by atoms with van der Waals surface area (Å²) >= 11 is 0. The molecule has 6 nitrogen and oxygen atoms in total. The highest BCUT2D eigenvalue weighted by atomic mass is 19.1. The first-order valence-corrected chi connectivity index (χ1v) is 3.74. The minimum absolute atomic E-state index is 0.0400. The Kier molecular flexibility index (Phi) is 2.05. The van der Waals surface area contributed by atoms with Crippen LogP contribution in [0.25, 0.3) is 5.82 Å². The SMILES string of the molecule is COc1ncc(F)c(-n2nccn2)n1. The van der Waals surface area contributed by atoms with E-state index < -0.39 is 5.82 Å². The molecule has 0 saturated heterocycles. The molecular weight excluding hydrogens is 189 g/mol. The fourth-order valence-corrected chi connectivity index (χ4v) is 0.906. The summed E-state index contributed by atoms with van der Waals surface area (Å²) in [7, 11) is 1.40. The van der Waals surface area contributed by atoms with Crippen LogP contribution < -0.4 is 4.74 Å². The van der Waals surface area contributed by atoms with Crippen LogP contribution >= 0.6 is 0 Å². The van der Waals surface area contributed by atoms with Gasteiger partial charge < -0.3 is 4.74 Å². The Morgan fingerprint density at radius 1 is 1.36 bits per heavy atom. The maximum atomic E-state index is 13.2. The van der Waals surface area contributed by atoms with E-state index in [9.17, 15) is 4.39 Å². The Bertz CT molecular complexity index is 430. The summed E-state index contributed by atoms with van der Waals surface area (Å²) in [6, 6.07) is 0.0682. The van der Waals surface area contributed by atoms with Gasteiger partial charge >= 0.3 is 6.01 Å². The van der Waals surface area contributed by atoms with Crippen LogP contribution in [0.5, 0.6) is 6.01 Å². The molecule has 2 aromatic rings. The highest BCUT2D eigenvalue weighted by Gasteiger charge is 2.09. The fraction of sp³-hybridized carbons (Fsp3) is 0.143. The van der Waals surface area contributed by atoms with Crippen molar-refractivity contribution in [3.05, 3.63) is 24.4 Å². The van der Waals surface area contributed by atoms with Gasteiger partial charge in [0.15, 0.2) is 5.82 Å². The van der Waals surface area contributed by atoms with Crippen LogP contribution in [0, 0.1) is 5.82 Å². The van der Waals surface area contributed by atoms with E-state index in [1.165, 1.54) is 19.5 Å². The molecule has 0 aromatic carbocycles.